The Morgan fingerprint density at radius 2 is 1.62 bits per heavy atom. The maximum atomic E-state index is 5.06. The van der Waals surface area contributed by atoms with Crippen LogP contribution in [0.3, 0.4) is 0 Å². The second-order valence-corrected chi connectivity index (χ2v) is 8.43. The first-order chi connectivity index (χ1) is 12.9. The molecule has 0 spiro atoms. The van der Waals surface area contributed by atoms with Crippen LogP contribution >= 0.6 is 0 Å². The summed E-state index contributed by atoms with van der Waals surface area (Å²) < 4.78 is 2.17. The van der Waals surface area contributed by atoms with Crippen molar-refractivity contribution in [2.45, 2.75) is 89.4 Å². The van der Waals surface area contributed by atoms with E-state index in [2.05, 4.69) is 27.1 Å². The molecule has 2 aromatic heterocycles. The van der Waals surface area contributed by atoms with E-state index in [1.807, 2.05) is 6.20 Å². The van der Waals surface area contributed by atoms with E-state index in [1.165, 1.54) is 89.2 Å². The zero-order valence-electron chi connectivity index (χ0n) is 16.1. The monoisotopic (exact) mass is 354 g/mol. The van der Waals surface area contributed by atoms with E-state index in [-0.39, 0.29) is 0 Å². The SMILES string of the molecule is c1cn2cc(C3CCCCCCC3)nc(NCCC3CCCCC3)c2n1. The molecule has 4 heteroatoms. The van der Waals surface area contributed by atoms with Gasteiger partial charge in [-0.2, -0.15) is 0 Å². The fourth-order valence-corrected chi connectivity index (χ4v) is 4.89. The molecule has 0 radical (unpaired) electrons. The molecule has 2 aliphatic carbocycles. The summed E-state index contributed by atoms with van der Waals surface area (Å²) >= 11 is 0. The van der Waals surface area contributed by atoms with E-state index < -0.39 is 0 Å². The van der Waals surface area contributed by atoms with Crippen molar-refractivity contribution < 1.29 is 0 Å². The van der Waals surface area contributed by atoms with Crippen LogP contribution in [-0.4, -0.2) is 20.9 Å². The highest BCUT2D eigenvalue weighted by Gasteiger charge is 2.18. The van der Waals surface area contributed by atoms with Gasteiger partial charge in [0.1, 0.15) is 0 Å². The van der Waals surface area contributed by atoms with Crippen molar-refractivity contribution in [3.8, 4) is 0 Å². The van der Waals surface area contributed by atoms with Gasteiger partial charge in [0, 0.05) is 31.1 Å². The van der Waals surface area contributed by atoms with Gasteiger partial charge in [-0.3, -0.25) is 0 Å². The maximum absolute atomic E-state index is 5.06. The predicted molar refractivity (Wildman–Crippen MR) is 108 cm³/mol. The lowest BCUT2D eigenvalue weighted by Gasteiger charge is -2.22. The van der Waals surface area contributed by atoms with Crippen molar-refractivity contribution in [2.24, 2.45) is 5.92 Å². The number of anilines is 1. The molecule has 142 valence electrons. The Bertz CT molecular complexity index is 679. The largest absolute Gasteiger partial charge is 0.367 e. The van der Waals surface area contributed by atoms with Crippen LogP contribution < -0.4 is 5.32 Å². The van der Waals surface area contributed by atoms with Gasteiger partial charge in [-0.15, -0.1) is 0 Å². The number of hydrogen-bond donors (Lipinski definition) is 1. The van der Waals surface area contributed by atoms with Gasteiger partial charge in [0.05, 0.1) is 5.69 Å². The van der Waals surface area contributed by atoms with Gasteiger partial charge >= 0.3 is 0 Å². The van der Waals surface area contributed by atoms with Crippen LogP contribution in [0.4, 0.5) is 5.82 Å². The van der Waals surface area contributed by atoms with Crippen LogP contribution in [-0.2, 0) is 0 Å². The first kappa shape index (κ1) is 17.8. The first-order valence-electron chi connectivity index (χ1n) is 11.0. The Hall–Kier alpha value is -1.58. The molecule has 4 nitrogen and oxygen atoms in total. The number of aromatic nitrogens is 3. The summed E-state index contributed by atoms with van der Waals surface area (Å²) in [6, 6.07) is 0. The Balaban J connectivity index is 1.46. The number of fused-ring (bicyclic) bond motifs is 1. The molecular weight excluding hydrogens is 320 g/mol. The van der Waals surface area contributed by atoms with Crippen molar-refractivity contribution in [3.63, 3.8) is 0 Å². The fourth-order valence-electron chi connectivity index (χ4n) is 4.89. The maximum Gasteiger partial charge on any atom is 0.180 e. The van der Waals surface area contributed by atoms with Crippen LogP contribution in [0.25, 0.3) is 5.65 Å². The average molecular weight is 355 g/mol. The lowest BCUT2D eigenvalue weighted by Crippen LogP contribution is -2.14. The molecule has 0 saturated heterocycles. The number of rotatable bonds is 5. The minimum absolute atomic E-state index is 0.612. The van der Waals surface area contributed by atoms with Crippen molar-refractivity contribution in [2.75, 3.05) is 11.9 Å². The molecule has 0 bridgehead atoms. The molecule has 2 aliphatic rings. The van der Waals surface area contributed by atoms with E-state index in [4.69, 9.17) is 4.98 Å². The summed E-state index contributed by atoms with van der Waals surface area (Å²) in [5.74, 6) is 2.51. The topological polar surface area (TPSA) is 42.2 Å². The molecule has 2 heterocycles. The van der Waals surface area contributed by atoms with Crippen LogP contribution in [0.5, 0.6) is 0 Å². The van der Waals surface area contributed by atoms with Crippen molar-refractivity contribution in [3.05, 3.63) is 24.3 Å². The van der Waals surface area contributed by atoms with Gasteiger partial charge in [0.25, 0.3) is 0 Å². The summed E-state index contributed by atoms with van der Waals surface area (Å²) in [6.45, 7) is 1.02. The fraction of sp³-hybridized carbons (Fsp3) is 0.727. The molecule has 4 rings (SSSR count). The summed E-state index contributed by atoms with van der Waals surface area (Å²) in [5.41, 5.74) is 2.24. The van der Waals surface area contributed by atoms with Gasteiger partial charge in [-0.1, -0.05) is 64.2 Å². The number of imidazole rings is 1. The van der Waals surface area contributed by atoms with E-state index in [0.29, 0.717) is 5.92 Å². The van der Waals surface area contributed by atoms with Gasteiger partial charge < -0.3 is 9.72 Å². The third-order valence-corrected chi connectivity index (χ3v) is 6.49. The third-order valence-electron chi connectivity index (χ3n) is 6.49. The molecule has 2 saturated carbocycles. The standard InChI is InChI=1S/C22H34N4/c1-2-7-11-19(12-8-3-1)20-17-26-16-15-24-22(26)21(25-20)23-14-13-18-9-5-4-6-10-18/h15-19H,1-14H2,(H,23,25). The minimum atomic E-state index is 0.612. The van der Waals surface area contributed by atoms with Gasteiger partial charge in [0.2, 0.25) is 0 Å². The Morgan fingerprint density at radius 3 is 2.42 bits per heavy atom. The quantitative estimate of drug-likeness (QED) is 0.722. The highest BCUT2D eigenvalue weighted by molar-refractivity contribution is 5.62. The Kier molecular flexibility index (Phi) is 6.08. The van der Waals surface area contributed by atoms with Crippen molar-refractivity contribution >= 4 is 11.5 Å². The van der Waals surface area contributed by atoms with Crippen LogP contribution in [0.15, 0.2) is 18.6 Å². The molecular formula is C22H34N4. The van der Waals surface area contributed by atoms with Gasteiger partial charge in [-0.25, -0.2) is 9.97 Å². The van der Waals surface area contributed by atoms with E-state index >= 15 is 0 Å². The lowest BCUT2D eigenvalue weighted by molar-refractivity contribution is 0.345. The van der Waals surface area contributed by atoms with Crippen molar-refractivity contribution in [1.82, 2.24) is 14.4 Å². The third kappa shape index (κ3) is 4.39. The highest BCUT2D eigenvalue weighted by atomic mass is 15.1. The minimum Gasteiger partial charge on any atom is -0.367 e. The molecule has 0 aliphatic heterocycles. The predicted octanol–water partition coefficient (Wildman–Crippen LogP) is 5.94. The van der Waals surface area contributed by atoms with Gasteiger partial charge in [0.15, 0.2) is 11.5 Å². The van der Waals surface area contributed by atoms with Crippen LogP contribution in [0.1, 0.15) is 95.1 Å². The normalized spacial score (nSPS) is 20.8. The van der Waals surface area contributed by atoms with E-state index in [1.54, 1.807) is 0 Å². The molecule has 2 aromatic rings. The molecule has 0 amide bonds. The Labute approximate surface area is 157 Å². The lowest BCUT2D eigenvalue weighted by atomic mass is 9.87. The second-order valence-electron chi connectivity index (χ2n) is 8.43. The number of hydrogen-bond acceptors (Lipinski definition) is 3. The van der Waals surface area contributed by atoms with E-state index in [9.17, 15) is 0 Å². The smallest absolute Gasteiger partial charge is 0.180 e. The molecule has 0 unspecified atom stereocenters. The average Bonchev–Trinajstić information content (AvgIpc) is 3.11. The summed E-state index contributed by atoms with van der Waals surface area (Å²) in [6.07, 6.45) is 24.0. The number of nitrogens with one attached hydrogen (secondary N) is 1. The van der Waals surface area contributed by atoms with Gasteiger partial charge in [-0.05, 0) is 25.2 Å². The second kappa shape index (κ2) is 8.88. The first-order valence-corrected chi connectivity index (χ1v) is 11.0. The van der Waals surface area contributed by atoms with Crippen LogP contribution in [0.2, 0.25) is 0 Å². The molecule has 1 N–H and O–H groups in total. The summed E-state index contributed by atoms with van der Waals surface area (Å²) in [7, 11) is 0. The highest BCUT2D eigenvalue weighted by Crippen LogP contribution is 2.31. The summed E-state index contributed by atoms with van der Waals surface area (Å²) in [5, 5.41) is 3.63. The summed E-state index contributed by atoms with van der Waals surface area (Å²) in [4.78, 5) is 9.60. The molecule has 26 heavy (non-hydrogen) atoms. The van der Waals surface area contributed by atoms with E-state index in [0.717, 1.165) is 23.9 Å². The molecule has 0 aromatic carbocycles. The van der Waals surface area contributed by atoms with Crippen molar-refractivity contribution in [1.29, 1.82) is 0 Å². The molecule has 0 atom stereocenters. The molecule has 2 fully saturated rings. The zero-order valence-corrected chi connectivity index (χ0v) is 16.1. The number of nitrogens with zero attached hydrogens (tertiary/aromatic N) is 3. The zero-order chi connectivity index (χ0) is 17.6. The van der Waals surface area contributed by atoms with Crippen LogP contribution in [0, 0.1) is 5.92 Å². The Morgan fingerprint density at radius 1 is 0.923 bits per heavy atom.